The van der Waals surface area contributed by atoms with E-state index in [0.717, 1.165) is 17.3 Å². The van der Waals surface area contributed by atoms with Gasteiger partial charge in [-0.1, -0.05) is 47.0 Å². The van der Waals surface area contributed by atoms with Crippen molar-refractivity contribution < 1.29 is 0 Å². The van der Waals surface area contributed by atoms with Crippen molar-refractivity contribution in [2.75, 3.05) is 0 Å². The average Bonchev–Trinajstić information content (AvgIpc) is 2.78. The van der Waals surface area contributed by atoms with E-state index in [1.165, 1.54) is 25.7 Å². The van der Waals surface area contributed by atoms with E-state index in [-0.39, 0.29) is 0 Å². The van der Waals surface area contributed by atoms with Gasteiger partial charge in [0.2, 0.25) is 0 Å². The highest BCUT2D eigenvalue weighted by molar-refractivity contribution is 5.01. The van der Waals surface area contributed by atoms with Crippen LogP contribution in [-0.2, 0) is 0 Å². The molecule has 0 aliphatic heterocycles. The van der Waals surface area contributed by atoms with Crippen molar-refractivity contribution in [3.8, 4) is 0 Å². The summed E-state index contributed by atoms with van der Waals surface area (Å²) in [6, 6.07) is 0. The molecule has 1 aliphatic rings. The maximum atomic E-state index is 2.41. The third kappa shape index (κ3) is 1.45. The van der Waals surface area contributed by atoms with Gasteiger partial charge >= 0.3 is 0 Å². The molecular weight excluding hydrogens is 132 g/mol. The quantitative estimate of drug-likeness (QED) is 0.577. The van der Waals surface area contributed by atoms with Crippen LogP contribution in [0.4, 0.5) is 0 Å². The summed E-state index contributed by atoms with van der Waals surface area (Å²) in [6.45, 7) is 9.44. The van der Waals surface area contributed by atoms with Gasteiger partial charge in [0.25, 0.3) is 0 Å². The predicted octanol–water partition coefficient (Wildman–Crippen LogP) is 3.86. The topological polar surface area (TPSA) is 0 Å². The fraction of sp³-hybridized carbons (Fsp3) is 1.00. The smallest absolute Gasteiger partial charge is 0.0269 e. The largest absolute Gasteiger partial charge is 0.0651 e. The molecule has 0 heteroatoms. The molecule has 0 N–H and O–H groups in total. The minimum Gasteiger partial charge on any atom is -0.0651 e. The summed E-state index contributed by atoms with van der Waals surface area (Å²) in [5.41, 5.74) is 0.773. The summed E-state index contributed by atoms with van der Waals surface area (Å²) in [6.07, 6.45) is 5.68. The van der Waals surface area contributed by atoms with E-state index in [4.69, 9.17) is 0 Å². The first-order valence-electron chi connectivity index (χ1n) is 5.20. The van der Waals surface area contributed by atoms with E-state index in [1.807, 2.05) is 0 Å². The summed E-state index contributed by atoms with van der Waals surface area (Å²) in [5.74, 6) is 2.03. The third-order valence-corrected chi connectivity index (χ3v) is 3.99. The minimum atomic E-state index is 0.773. The standard InChI is InChI=1S/C11H22/c1-5-9(4)10-8-11(10,6-2)7-3/h9-10H,5-8H2,1-4H3. The lowest BCUT2D eigenvalue weighted by atomic mass is 9.90. The first kappa shape index (κ1) is 9.09. The fourth-order valence-corrected chi connectivity index (χ4v) is 2.53. The van der Waals surface area contributed by atoms with Gasteiger partial charge in [0.1, 0.15) is 0 Å². The molecule has 0 aromatic carbocycles. The number of rotatable bonds is 4. The van der Waals surface area contributed by atoms with Gasteiger partial charge in [0.15, 0.2) is 0 Å². The minimum absolute atomic E-state index is 0.773. The van der Waals surface area contributed by atoms with Gasteiger partial charge in [-0.3, -0.25) is 0 Å². The molecule has 1 saturated carbocycles. The Labute approximate surface area is 71.4 Å². The van der Waals surface area contributed by atoms with E-state index in [1.54, 1.807) is 0 Å². The lowest BCUT2D eigenvalue weighted by Gasteiger charge is -2.15. The highest BCUT2D eigenvalue weighted by atomic mass is 14.6. The van der Waals surface area contributed by atoms with Crippen molar-refractivity contribution in [2.24, 2.45) is 17.3 Å². The first-order chi connectivity index (χ1) is 5.20. The molecule has 0 radical (unpaired) electrons. The van der Waals surface area contributed by atoms with E-state index in [2.05, 4.69) is 27.7 Å². The second kappa shape index (κ2) is 3.16. The normalized spacial score (nSPS) is 30.0. The number of hydrogen-bond acceptors (Lipinski definition) is 0. The van der Waals surface area contributed by atoms with Gasteiger partial charge < -0.3 is 0 Å². The Morgan fingerprint density at radius 1 is 1.27 bits per heavy atom. The van der Waals surface area contributed by atoms with Crippen LogP contribution < -0.4 is 0 Å². The van der Waals surface area contributed by atoms with Crippen LogP contribution in [0.1, 0.15) is 53.4 Å². The summed E-state index contributed by atoms with van der Waals surface area (Å²) in [5, 5.41) is 0. The fourth-order valence-electron chi connectivity index (χ4n) is 2.53. The van der Waals surface area contributed by atoms with Crippen molar-refractivity contribution in [3.63, 3.8) is 0 Å². The van der Waals surface area contributed by atoms with Gasteiger partial charge in [0.05, 0.1) is 0 Å². The van der Waals surface area contributed by atoms with Crippen LogP contribution >= 0.6 is 0 Å². The molecule has 0 saturated heterocycles. The Balaban J connectivity index is 2.43. The van der Waals surface area contributed by atoms with Crippen molar-refractivity contribution in [2.45, 2.75) is 53.4 Å². The van der Waals surface area contributed by atoms with Crippen molar-refractivity contribution >= 4 is 0 Å². The van der Waals surface area contributed by atoms with E-state index >= 15 is 0 Å². The molecule has 0 aromatic rings. The summed E-state index contributed by atoms with van der Waals surface area (Å²) in [7, 11) is 0. The molecule has 2 unspecified atom stereocenters. The van der Waals surface area contributed by atoms with Crippen LogP contribution in [-0.4, -0.2) is 0 Å². The second-order valence-corrected chi connectivity index (χ2v) is 4.27. The van der Waals surface area contributed by atoms with Gasteiger partial charge in [-0.25, -0.2) is 0 Å². The summed E-state index contributed by atoms with van der Waals surface area (Å²) < 4.78 is 0. The Kier molecular flexibility index (Phi) is 2.61. The van der Waals surface area contributed by atoms with Crippen LogP contribution in [0.15, 0.2) is 0 Å². The number of hydrogen-bond donors (Lipinski definition) is 0. The van der Waals surface area contributed by atoms with Crippen LogP contribution in [0.2, 0.25) is 0 Å². The van der Waals surface area contributed by atoms with Crippen molar-refractivity contribution in [1.82, 2.24) is 0 Å². The molecule has 11 heavy (non-hydrogen) atoms. The molecule has 2 atom stereocenters. The van der Waals surface area contributed by atoms with Crippen molar-refractivity contribution in [3.05, 3.63) is 0 Å². The Bertz CT molecular complexity index is 122. The molecular formula is C11H22. The highest BCUT2D eigenvalue weighted by Crippen LogP contribution is 2.61. The van der Waals surface area contributed by atoms with Gasteiger partial charge in [-0.05, 0) is 23.7 Å². The average molecular weight is 154 g/mol. The van der Waals surface area contributed by atoms with E-state index in [0.29, 0.717) is 0 Å². The molecule has 0 aromatic heterocycles. The summed E-state index contributed by atoms with van der Waals surface area (Å²) in [4.78, 5) is 0. The zero-order valence-electron chi connectivity index (χ0n) is 8.48. The van der Waals surface area contributed by atoms with Crippen LogP contribution in [0.3, 0.4) is 0 Å². The molecule has 1 aliphatic carbocycles. The molecule has 66 valence electrons. The first-order valence-corrected chi connectivity index (χ1v) is 5.20. The van der Waals surface area contributed by atoms with Crippen LogP contribution in [0.25, 0.3) is 0 Å². The van der Waals surface area contributed by atoms with Gasteiger partial charge in [-0.2, -0.15) is 0 Å². The zero-order valence-corrected chi connectivity index (χ0v) is 8.48. The zero-order chi connectivity index (χ0) is 8.48. The Hall–Kier alpha value is 0. The van der Waals surface area contributed by atoms with E-state index < -0.39 is 0 Å². The van der Waals surface area contributed by atoms with E-state index in [9.17, 15) is 0 Å². The molecule has 0 amide bonds. The Morgan fingerprint density at radius 3 is 2.09 bits per heavy atom. The lowest BCUT2D eigenvalue weighted by molar-refractivity contribution is 0.348. The maximum Gasteiger partial charge on any atom is -0.0269 e. The predicted molar refractivity (Wildman–Crippen MR) is 50.6 cm³/mol. The lowest BCUT2D eigenvalue weighted by Crippen LogP contribution is -2.06. The summed E-state index contributed by atoms with van der Waals surface area (Å²) >= 11 is 0. The highest BCUT2D eigenvalue weighted by Gasteiger charge is 2.52. The second-order valence-electron chi connectivity index (χ2n) is 4.27. The van der Waals surface area contributed by atoms with Crippen LogP contribution in [0.5, 0.6) is 0 Å². The molecule has 0 bridgehead atoms. The van der Waals surface area contributed by atoms with Crippen LogP contribution in [0, 0.1) is 17.3 Å². The Morgan fingerprint density at radius 2 is 1.82 bits per heavy atom. The molecule has 1 fully saturated rings. The van der Waals surface area contributed by atoms with Gasteiger partial charge in [-0.15, -0.1) is 0 Å². The monoisotopic (exact) mass is 154 g/mol. The molecule has 0 spiro atoms. The molecule has 0 heterocycles. The van der Waals surface area contributed by atoms with Gasteiger partial charge in [0, 0.05) is 0 Å². The maximum absolute atomic E-state index is 2.41. The SMILES string of the molecule is CCC(C)C1CC1(CC)CC. The molecule has 1 rings (SSSR count). The molecule has 0 nitrogen and oxygen atoms in total. The third-order valence-electron chi connectivity index (χ3n) is 3.99. The van der Waals surface area contributed by atoms with Crippen molar-refractivity contribution in [1.29, 1.82) is 0 Å².